The lowest BCUT2D eigenvalue weighted by molar-refractivity contribution is 0.644. The Bertz CT molecular complexity index is 1420. The first kappa shape index (κ1) is 20.2. The first-order valence-corrected chi connectivity index (χ1v) is 10.2. The fraction of sp³-hybridized carbons (Fsp3) is 0.143. The molecule has 0 amide bonds. The number of benzene rings is 1. The first-order chi connectivity index (χ1) is 16.2. The maximum absolute atomic E-state index is 9.49. The topological polar surface area (TPSA) is 139 Å². The molecule has 12 heteroatoms. The molecule has 164 valence electrons. The van der Waals surface area contributed by atoms with Crippen LogP contribution in [-0.4, -0.2) is 52.5 Å². The van der Waals surface area contributed by atoms with Crippen molar-refractivity contribution in [3.63, 3.8) is 0 Å². The average molecular weight is 440 g/mol. The molecule has 5 rings (SSSR count). The summed E-state index contributed by atoms with van der Waals surface area (Å²) in [5, 5.41) is 31.2. The molecule has 0 bridgehead atoms. The quantitative estimate of drug-likeness (QED) is 0.331. The van der Waals surface area contributed by atoms with E-state index < -0.39 is 0 Å². The van der Waals surface area contributed by atoms with Crippen molar-refractivity contribution < 1.29 is 0 Å². The second-order valence-electron chi connectivity index (χ2n) is 7.20. The predicted octanol–water partition coefficient (Wildman–Crippen LogP) is 2.08. The van der Waals surface area contributed by atoms with Crippen molar-refractivity contribution in [3.8, 4) is 11.8 Å². The summed E-state index contributed by atoms with van der Waals surface area (Å²) in [6.45, 7) is 1.63. The molecule has 4 aromatic heterocycles. The Morgan fingerprint density at radius 2 is 1.94 bits per heavy atom. The van der Waals surface area contributed by atoms with Gasteiger partial charge in [0.1, 0.15) is 41.7 Å². The van der Waals surface area contributed by atoms with E-state index in [0.29, 0.717) is 28.7 Å². The van der Waals surface area contributed by atoms with Gasteiger partial charge in [0.25, 0.3) is 0 Å². The van der Waals surface area contributed by atoms with Crippen LogP contribution in [0, 0.1) is 11.3 Å². The number of aromatic nitrogens is 8. The zero-order chi connectivity index (χ0) is 22.6. The molecule has 0 spiro atoms. The standard InChI is InChI=1S/C21H20N12/c1-23-5-6-31-11-19(24-12-31)29-20-8-18(30-21-15(9-22)10-27-33(20)21)28-16-3-2-4-17(7-16)32-13-25-26-14-32/h2-4,7-8,10-14,23,29H,5-6H2,1H3,(H,28,30). The van der Waals surface area contributed by atoms with Crippen LogP contribution in [0.1, 0.15) is 5.56 Å². The molecule has 0 atom stereocenters. The summed E-state index contributed by atoms with van der Waals surface area (Å²) in [4.78, 5) is 9.02. The van der Waals surface area contributed by atoms with Gasteiger partial charge in [0.2, 0.25) is 0 Å². The van der Waals surface area contributed by atoms with Gasteiger partial charge in [0.15, 0.2) is 5.65 Å². The highest BCUT2D eigenvalue weighted by molar-refractivity contribution is 5.69. The van der Waals surface area contributed by atoms with Crippen molar-refractivity contribution in [1.29, 1.82) is 5.26 Å². The predicted molar refractivity (Wildman–Crippen MR) is 122 cm³/mol. The number of rotatable bonds is 8. The van der Waals surface area contributed by atoms with Crippen LogP contribution in [-0.2, 0) is 6.54 Å². The van der Waals surface area contributed by atoms with Crippen molar-refractivity contribution in [2.75, 3.05) is 24.2 Å². The minimum atomic E-state index is 0.375. The lowest BCUT2D eigenvalue weighted by atomic mass is 10.2. The van der Waals surface area contributed by atoms with Gasteiger partial charge >= 0.3 is 0 Å². The van der Waals surface area contributed by atoms with Crippen LogP contribution in [0.5, 0.6) is 0 Å². The summed E-state index contributed by atoms with van der Waals surface area (Å²) in [5.74, 6) is 1.84. The van der Waals surface area contributed by atoms with E-state index in [2.05, 4.69) is 47.3 Å². The molecule has 0 saturated heterocycles. The van der Waals surface area contributed by atoms with Gasteiger partial charge in [-0.05, 0) is 25.2 Å². The van der Waals surface area contributed by atoms with Crippen LogP contribution in [0.15, 0.2) is 61.7 Å². The average Bonchev–Trinajstić information content (AvgIpc) is 3.59. The highest BCUT2D eigenvalue weighted by Crippen LogP contribution is 2.25. The summed E-state index contributed by atoms with van der Waals surface area (Å²) >= 11 is 0. The molecule has 0 unspecified atom stereocenters. The molecule has 5 aromatic rings. The van der Waals surface area contributed by atoms with Crippen LogP contribution in [0.4, 0.5) is 23.1 Å². The van der Waals surface area contributed by atoms with Gasteiger partial charge < -0.3 is 20.5 Å². The molecule has 33 heavy (non-hydrogen) atoms. The number of hydrogen-bond acceptors (Lipinski definition) is 9. The van der Waals surface area contributed by atoms with E-state index in [4.69, 9.17) is 0 Å². The van der Waals surface area contributed by atoms with Crippen molar-refractivity contribution in [1.82, 2.24) is 44.2 Å². The van der Waals surface area contributed by atoms with Gasteiger partial charge in [0, 0.05) is 31.0 Å². The Kier molecular flexibility index (Phi) is 5.36. The third kappa shape index (κ3) is 4.21. The van der Waals surface area contributed by atoms with E-state index >= 15 is 0 Å². The molecular formula is C21H20N12. The van der Waals surface area contributed by atoms with Crippen LogP contribution in [0.25, 0.3) is 11.3 Å². The molecular weight excluding hydrogens is 420 g/mol. The van der Waals surface area contributed by atoms with Gasteiger partial charge in [-0.25, -0.2) is 9.97 Å². The van der Waals surface area contributed by atoms with Gasteiger partial charge in [-0.3, -0.25) is 4.57 Å². The Morgan fingerprint density at radius 1 is 1.06 bits per heavy atom. The number of nitrogens with zero attached hydrogens (tertiary/aromatic N) is 9. The molecule has 0 saturated carbocycles. The van der Waals surface area contributed by atoms with Crippen molar-refractivity contribution in [2.24, 2.45) is 0 Å². The third-order valence-corrected chi connectivity index (χ3v) is 4.94. The van der Waals surface area contributed by atoms with E-state index in [-0.39, 0.29) is 0 Å². The number of likely N-dealkylation sites (N-methyl/N-ethyl adjacent to an activating group) is 1. The molecule has 12 nitrogen and oxygen atoms in total. The molecule has 1 aromatic carbocycles. The smallest absolute Gasteiger partial charge is 0.177 e. The monoisotopic (exact) mass is 440 g/mol. The summed E-state index contributed by atoms with van der Waals surface area (Å²) < 4.78 is 5.38. The van der Waals surface area contributed by atoms with Crippen molar-refractivity contribution in [3.05, 3.63) is 67.3 Å². The normalized spacial score (nSPS) is 10.9. The second-order valence-corrected chi connectivity index (χ2v) is 7.20. The molecule has 0 aliphatic rings. The third-order valence-electron chi connectivity index (χ3n) is 4.94. The Labute approximate surface area is 188 Å². The van der Waals surface area contributed by atoms with E-state index in [1.54, 1.807) is 23.5 Å². The molecule has 0 radical (unpaired) electrons. The number of fused-ring (bicyclic) bond motifs is 1. The number of imidazole rings is 1. The summed E-state index contributed by atoms with van der Waals surface area (Å²) in [7, 11) is 1.91. The van der Waals surface area contributed by atoms with Gasteiger partial charge in [-0.2, -0.15) is 14.9 Å². The highest BCUT2D eigenvalue weighted by Gasteiger charge is 2.13. The van der Waals surface area contributed by atoms with Crippen LogP contribution < -0.4 is 16.0 Å². The number of nitrogens with one attached hydrogen (secondary N) is 3. The Balaban J connectivity index is 1.48. The van der Waals surface area contributed by atoms with Crippen LogP contribution in [0.3, 0.4) is 0 Å². The molecule has 3 N–H and O–H groups in total. The molecule has 0 fully saturated rings. The zero-order valence-corrected chi connectivity index (χ0v) is 17.7. The second kappa shape index (κ2) is 8.77. The SMILES string of the molecule is CNCCn1cnc(Nc2cc(Nc3cccc(-n4cnnc4)c3)nc3c(C#N)cnn23)c1. The van der Waals surface area contributed by atoms with Crippen LogP contribution >= 0.6 is 0 Å². The highest BCUT2D eigenvalue weighted by atomic mass is 15.3. The Hall–Kier alpha value is -4.76. The summed E-state index contributed by atoms with van der Waals surface area (Å²) in [6, 6.07) is 11.7. The number of nitriles is 1. The Morgan fingerprint density at radius 3 is 2.76 bits per heavy atom. The van der Waals surface area contributed by atoms with Gasteiger partial charge in [0.05, 0.1) is 18.2 Å². The fourth-order valence-corrected chi connectivity index (χ4v) is 3.34. The minimum Gasteiger partial charge on any atom is -0.340 e. The van der Waals surface area contributed by atoms with Crippen molar-refractivity contribution in [2.45, 2.75) is 6.54 Å². The van der Waals surface area contributed by atoms with Gasteiger partial charge in [-0.1, -0.05) is 6.07 Å². The maximum atomic E-state index is 9.49. The molecule has 4 heterocycles. The largest absolute Gasteiger partial charge is 0.340 e. The van der Waals surface area contributed by atoms with Gasteiger partial charge in [-0.15, -0.1) is 10.2 Å². The lowest BCUT2D eigenvalue weighted by Gasteiger charge is -2.11. The lowest BCUT2D eigenvalue weighted by Crippen LogP contribution is -2.13. The number of anilines is 4. The van der Waals surface area contributed by atoms with E-state index in [0.717, 1.165) is 24.5 Å². The minimum absolute atomic E-state index is 0.375. The summed E-state index contributed by atoms with van der Waals surface area (Å²) in [5.41, 5.74) is 2.53. The van der Waals surface area contributed by atoms with Crippen LogP contribution in [0.2, 0.25) is 0 Å². The zero-order valence-electron chi connectivity index (χ0n) is 17.7. The maximum Gasteiger partial charge on any atom is 0.177 e. The van der Waals surface area contributed by atoms with E-state index in [9.17, 15) is 5.26 Å². The summed E-state index contributed by atoms with van der Waals surface area (Å²) in [6.07, 6.45) is 8.43. The fourth-order valence-electron chi connectivity index (χ4n) is 3.34. The van der Waals surface area contributed by atoms with Crippen molar-refractivity contribution >= 4 is 28.8 Å². The van der Waals surface area contributed by atoms with E-state index in [1.807, 2.05) is 52.7 Å². The molecule has 0 aliphatic heterocycles. The first-order valence-electron chi connectivity index (χ1n) is 10.2. The molecule has 0 aliphatic carbocycles. The number of hydrogen-bond donors (Lipinski definition) is 3. The van der Waals surface area contributed by atoms with E-state index in [1.165, 1.54) is 6.20 Å².